The molecule has 0 N–H and O–H groups in total. The van der Waals surface area contributed by atoms with Crippen molar-refractivity contribution >= 4 is 16.1 Å². The number of carbonyl (C=O) groups is 1. The number of alkyl halides is 4. The molecule has 0 aromatic rings. The first-order chi connectivity index (χ1) is 9.41. The molecule has 1 rings (SSSR count). The third kappa shape index (κ3) is 4.56. The number of hydrogen-bond acceptors (Lipinski definition) is 5. The molecule has 0 aromatic carbocycles. The van der Waals surface area contributed by atoms with Gasteiger partial charge in [0.1, 0.15) is 0 Å². The van der Waals surface area contributed by atoms with E-state index in [1.165, 1.54) is 0 Å². The Kier molecular flexibility index (Phi) is 7.82. The Bertz CT molecular complexity index is 491. The normalized spacial score (nSPS) is 19.2. The summed E-state index contributed by atoms with van der Waals surface area (Å²) >= 11 is 0. The Morgan fingerprint density at radius 3 is 2.05 bits per heavy atom. The van der Waals surface area contributed by atoms with E-state index in [9.17, 15) is 35.3 Å². The maximum atomic E-state index is 13.4. The summed E-state index contributed by atoms with van der Waals surface area (Å²) in [5, 5.41) is -5.85. The second kappa shape index (κ2) is 7.78. The van der Waals surface area contributed by atoms with E-state index >= 15 is 0 Å². The zero-order valence-electron chi connectivity index (χ0n) is 12.2. The fraction of sp³-hybridized carbons (Fsp3) is 0.909. The first-order valence-electron chi connectivity index (χ1n) is 6.33. The Hall–Kier alpha value is 0.1000. The topological polar surface area (TPSA) is 83.5 Å². The van der Waals surface area contributed by atoms with Gasteiger partial charge in [-0.25, -0.2) is 8.42 Å². The molecular formula is C11H15F4NaO5S. The second-order valence-corrected chi connectivity index (χ2v) is 6.43. The van der Waals surface area contributed by atoms with E-state index < -0.39 is 39.3 Å². The monoisotopic (exact) mass is 358 g/mol. The third-order valence-electron chi connectivity index (χ3n) is 3.44. The maximum absolute atomic E-state index is 13.4. The largest absolute Gasteiger partial charge is 1.00 e. The van der Waals surface area contributed by atoms with Gasteiger partial charge in [-0.15, -0.1) is 0 Å². The minimum absolute atomic E-state index is 0. The second-order valence-electron chi connectivity index (χ2n) is 5.01. The first kappa shape index (κ1) is 22.1. The minimum atomic E-state index is -6.59. The molecule has 0 radical (unpaired) electrons. The van der Waals surface area contributed by atoms with Crippen LogP contribution in [0.1, 0.15) is 39.0 Å². The molecule has 0 bridgehead atoms. The minimum Gasteiger partial charge on any atom is -0.743 e. The number of ether oxygens (including phenoxy) is 1. The quantitative estimate of drug-likeness (QED) is 0.280. The summed E-state index contributed by atoms with van der Waals surface area (Å²) in [6.07, 6.45) is 0.319. The summed E-state index contributed by atoms with van der Waals surface area (Å²) in [5.74, 6) is -7.06. The third-order valence-corrected chi connectivity index (χ3v) is 4.34. The van der Waals surface area contributed by atoms with Crippen molar-refractivity contribution in [2.75, 3.05) is 0 Å². The van der Waals surface area contributed by atoms with Crippen molar-refractivity contribution in [1.82, 2.24) is 0 Å². The van der Waals surface area contributed by atoms with Crippen LogP contribution in [-0.4, -0.2) is 36.2 Å². The van der Waals surface area contributed by atoms with Gasteiger partial charge in [-0.2, -0.15) is 17.6 Å². The van der Waals surface area contributed by atoms with Gasteiger partial charge >= 0.3 is 46.7 Å². The van der Waals surface area contributed by atoms with Gasteiger partial charge in [0, 0.05) is 0 Å². The van der Waals surface area contributed by atoms with E-state index in [2.05, 4.69) is 4.74 Å². The molecule has 0 amide bonds. The molecule has 1 atom stereocenters. The summed E-state index contributed by atoms with van der Waals surface area (Å²) in [4.78, 5) is 11.6. The number of hydrogen-bond donors (Lipinski definition) is 0. The Morgan fingerprint density at radius 1 is 1.18 bits per heavy atom. The molecule has 1 saturated carbocycles. The molecule has 0 saturated heterocycles. The Balaban J connectivity index is 0.00000441. The van der Waals surface area contributed by atoms with Crippen LogP contribution in [0.4, 0.5) is 17.6 Å². The van der Waals surface area contributed by atoms with Crippen LogP contribution in [0.3, 0.4) is 0 Å². The summed E-state index contributed by atoms with van der Waals surface area (Å²) in [5.41, 5.74) is 0. The van der Waals surface area contributed by atoms with Crippen molar-refractivity contribution in [2.45, 2.75) is 56.3 Å². The molecule has 22 heavy (non-hydrogen) atoms. The van der Waals surface area contributed by atoms with Gasteiger partial charge < -0.3 is 9.29 Å². The summed E-state index contributed by atoms with van der Waals surface area (Å²) in [6.45, 7) is 0.430. The number of carbonyl (C=O) groups excluding carboxylic acids is 1. The van der Waals surface area contributed by atoms with Crippen LogP contribution in [0.15, 0.2) is 0 Å². The fourth-order valence-electron chi connectivity index (χ4n) is 2.09. The summed E-state index contributed by atoms with van der Waals surface area (Å²) in [7, 11) is -6.59. The van der Waals surface area contributed by atoms with Crippen molar-refractivity contribution in [3.8, 4) is 0 Å². The molecule has 11 heteroatoms. The molecule has 0 aliphatic heterocycles. The standard InChI is InChI=1S/C11H16F4O5S.Na/c1-7(10(12,13)11(14,15)21(17,18)19)20-9(16)8-5-3-2-4-6-8;/h7-8H,2-6H2,1H3,(H,17,18,19);/q;+1/p-1. The molecule has 1 fully saturated rings. The van der Waals surface area contributed by atoms with Crippen LogP contribution in [0.2, 0.25) is 0 Å². The molecule has 124 valence electrons. The van der Waals surface area contributed by atoms with Crippen molar-refractivity contribution in [3.05, 3.63) is 0 Å². The van der Waals surface area contributed by atoms with Crippen molar-refractivity contribution in [3.63, 3.8) is 0 Å². The van der Waals surface area contributed by atoms with E-state index in [0.717, 1.165) is 6.42 Å². The van der Waals surface area contributed by atoms with Crippen molar-refractivity contribution < 1.29 is 69.6 Å². The zero-order chi connectivity index (χ0) is 16.5. The molecule has 1 unspecified atom stereocenters. The maximum Gasteiger partial charge on any atom is 1.00 e. The smallest absolute Gasteiger partial charge is 0.743 e. The Morgan fingerprint density at radius 2 is 1.64 bits per heavy atom. The SMILES string of the molecule is CC(OC(=O)C1CCCCC1)C(F)(F)C(F)(F)S(=O)(=O)[O-].[Na+]. The molecule has 1 aliphatic rings. The van der Waals surface area contributed by atoms with Crippen LogP contribution in [0.25, 0.3) is 0 Å². The van der Waals surface area contributed by atoms with E-state index in [1.54, 1.807) is 0 Å². The molecule has 0 spiro atoms. The number of halogens is 4. The van der Waals surface area contributed by atoms with Gasteiger partial charge in [0.25, 0.3) is 0 Å². The van der Waals surface area contributed by atoms with Gasteiger partial charge in [0.15, 0.2) is 16.2 Å². The Labute approximate surface area is 147 Å². The van der Waals surface area contributed by atoms with Crippen LogP contribution in [-0.2, 0) is 19.6 Å². The predicted octanol–water partition coefficient (Wildman–Crippen LogP) is -0.724. The first-order valence-corrected chi connectivity index (χ1v) is 7.73. The van der Waals surface area contributed by atoms with Gasteiger partial charge in [-0.3, -0.25) is 4.79 Å². The zero-order valence-corrected chi connectivity index (χ0v) is 15.0. The average molecular weight is 358 g/mol. The van der Waals surface area contributed by atoms with Gasteiger partial charge in [0.05, 0.1) is 5.92 Å². The van der Waals surface area contributed by atoms with Gasteiger partial charge in [-0.1, -0.05) is 19.3 Å². The molecule has 0 heterocycles. The van der Waals surface area contributed by atoms with Crippen LogP contribution in [0, 0.1) is 5.92 Å². The van der Waals surface area contributed by atoms with Gasteiger partial charge in [-0.05, 0) is 19.8 Å². The van der Waals surface area contributed by atoms with Crippen LogP contribution >= 0.6 is 0 Å². The molecule has 1 aliphatic carbocycles. The molecular weight excluding hydrogens is 343 g/mol. The van der Waals surface area contributed by atoms with Crippen LogP contribution < -0.4 is 29.6 Å². The van der Waals surface area contributed by atoms with E-state index in [-0.39, 0.29) is 29.6 Å². The van der Waals surface area contributed by atoms with Gasteiger partial charge in [0.2, 0.25) is 0 Å². The average Bonchev–Trinajstić information content (AvgIpc) is 2.38. The van der Waals surface area contributed by atoms with E-state index in [4.69, 9.17) is 0 Å². The number of esters is 1. The van der Waals surface area contributed by atoms with Crippen molar-refractivity contribution in [1.29, 1.82) is 0 Å². The summed E-state index contributed by atoms with van der Waals surface area (Å²) in [6, 6.07) is 0. The van der Waals surface area contributed by atoms with Crippen molar-refractivity contribution in [2.24, 2.45) is 5.92 Å². The van der Waals surface area contributed by atoms with E-state index in [1.807, 2.05) is 0 Å². The fourth-order valence-corrected chi connectivity index (χ4v) is 2.59. The summed E-state index contributed by atoms with van der Waals surface area (Å²) < 4.78 is 87.9. The van der Waals surface area contributed by atoms with E-state index in [0.29, 0.717) is 32.6 Å². The van der Waals surface area contributed by atoms with Crippen LogP contribution in [0.5, 0.6) is 0 Å². The molecule has 5 nitrogen and oxygen atoms in total. The predicted molar refractivity (Wildman–Crippen MR) is 61.7 cm³/mol. The number of rotatable bonds is 5. The molecule has 0 aromatic heterocycles.